The number of hydrogen-bond acceptors (Lipinski definition) is 2. The first kappa shape index (κ1) is 12.6. The second-order valence-electron chi connectivity index (χ2n) is 4.19. The number of H-pyrrole nitrogens is 1. The SMILES string of the molecule is Fc1cc2c(cc1Br)[nH]c(=S)n2CCc1ccco1. The standard InChI is InChI=1S/C13H10BrFN2OS/c14-9-6-11-12(7-10(9)15)17(13(19)16-11)4-3-8-2-1-5-18-8/h1-2,5-7H,3-4H2,(H,16,19). The molecule has 3 nitrogen and oxygen atoms in total. The van der Waals surface area contributed by atoms with Crippen molar-refractivity contribution >= 4 is 39.2 Å². The monoisotopic (exact) mass is 340 g/mol. The van der Waals surface area contributed by atoms with E-state index < -0.39 is 0 Å². The molecule has 0 radical (unpaired) electrons. The molecule has 0 saturated carbocycles. The zero-order valence-electron chi connectivity index (χ0n) is 9.82. The number of hydrogen-bond donors (Lipinski definition) is 1. The van der Waals surface area contributed by atoms with Crippen LogP contribution in [0.1, 0.15) is 5.76 Å². The molecular weight excluding hydrogens is 331 g/mol. The molecule has 1 N–H and O–H groups in total. The number of nitrogens with one attached hydrogen (secondary N) is 1. The number of aromatic amines is 1. The first-order valence-electron chi connectivity index (χ1n) is 5.75. The zero-order chi connectivity index (χ0) is 13.4. The summed E-state index contributed by atoms with van der Waals surface area (Å²) in [5.74, 6) is 0.585. The van der Waals surface area contributed by atoms with E-state index in [2.05, 4.69) is 20.9 Å². The first-order chi connectivity index (χ1) is 9.15. The lowest BCUT2D eigenvalue weighted by Crippen LogP contribution is -2.01. The van der Waals surface area contributed by atoms with Crippen LogP contribution in [0, 0.1) is 10.6 Å². The molecule has 6 heteroatoms. The topological polar surface area (TPSA) is 33.9 Å². The van der Waals surface area contributed by atoms with Gasteiger partial charge in [0, 0.05) is 19.0 Å². The molecule has 98 valence electrons. The highest BCUT2D eigenvalue weighted by atomic mass is 79.9. The maximum absolute atomic E-state index is 13.6. The summed E-state index contributed by atoms with van der Waals surface area (Å²) in [4.78, 5) is 3.08. The Hall–Kier alpha value is -1.40. The van der Waals surface area contributed by atoms with Gasteiger partial charge in [0.05, 0.1) is 21.8 Å². The minimum atomic E-state index is -0.298. The predicted molar refractivity (Wildman–Crippen MR) is 77.2 cm³/mol. The second-order valence-corrected chi connectivity index (χ2v) is 5.44. The van der Waals surface area contributed by atoms with Crippen molar-refractivity contribution in [3.05, 3.63) is 51.3 Å². The highest BCUT2D eigenvalue weighted by Gasteiger charge is 2.09. The number of imidazole rings is 1. The summed E-state index contributed by atoms with van der Waals surface area (Å²) in [5, 5.41) is 0. The van der Waals surface area contributed by atoms with Crippen LogP contribution in [-0.2, 0) is 13.0 Å². The summed E-state index contributed by atoms with van der Waals surface area (Å²) in [6.07, 6.45) is 2.35. The van der Waals surface area contributed by atoms with Crippen molar-refractivity contribution in [3.63, 3.8) is 0 Å². The molecular formula is C13H10BrFN2OS. The van der Waals surface area contributed by atoms with E-state index in [4.69, 9.17) is 16.6 Å². The third kappa shape index (κ3) is 2.37. The molecule has 0 bridgehead atoms. The van der Waals surface area contributed by atoms with E-state index in [0.29, 0.717) is 22.2 Å². The van der Waals surface area contributed by atoms with Gasteiger partial charge >= 0.3 is 0 Å². The molecule has 2 heterocycles. The quantitative estimate of drug-likeness (QED) is 0.715. The van der Waals surface area contributed by atoms with Gasteiger partial charge in [-0.1, -0.05) is 0 Å². The van der Waals surface area contributed by atoms with E-state index in [-0.39, 0.29) is 5.82 Å². The van der Waals surface area contributed by atoms with Crippen molar-refractivity contribution in [3.8, 4) is 0 Å². The third-order valence-corrected chi connectivity index (χ3v) is 3.91. The fraction of sp³-hybridized carbons (Fsp3) is 0.154. The number of furan rings is 1. The molecule has 3 rings (SSSR count). The Morgan fingerprint density at radius 2 is 2.26 bits per heavy atom. The second kappa shape index (κ2) is 4.94. The molecule has 0 atom stereocenters. The van der Waals surface area contributed by atoms with Crippen molar-refractivity contribution in [2.75, 3.05) is 0 Å². The summed E-state index contributed by atoms with van der Waals surface area (Å²) in [6.45, 7) is 0.646. The maximum Gasteiger partial charge on any atom is 0.178 e. The summed E-state index contributed by atoms with van der Waals surface area (Å²) in [6, 6.07) is 6.94. The van der Waals surface area contributed by atoms with E-state index in [1.165, 1.54) is 6.07 Å². The largest absolute Gasteiger partial charge is 0.469 e. The van der Waals surface area contributed by atoms with Crippen LogP contribution in [0.2, 0.25) is 0 Å². The minimum Gasteiger partial charge on any atom is -0.469 e. The number of aromatic nitrogens is 2. The highest BCUT2D eigenvalue weighted by Crippen LogP contribution is 2.23. The van der Waals surface area contributed by atoms with Crippen molar-refractivity contribution < 1.29 is 8.81 Å². The van der Waals surface area contributed by atoms with Crippen molar-refractivity contribution in [1.82, 2.24) is 9.55 Å². The van der Waals surface area contributed by atoms with Gasteiger partial charge in [-0.15, -0.1) is 0 Å². The Morgan fingerprint density at radius 1 is 1.42 bits per heavy atom. The van der Waals surface area contributed by atoms with Crippen LogP contribution in [0.4, 0.5) is 4.39 Å². The molecule has 1 aromatic carbocycles. The van der Waals surface area contributed by atoms with Crippen LogP contribution >= 0.6 is 28.1 Å². The van der Waals surface area contributed by atoms with Gasteiger partial charge in [0.2, 0.25) is 0 Å². The van der Waals surface area contributed by atoms with Gasteiger partial charge in [-0.2, -0.15) is 0 Å². The lowest BCUT2D eigenvalue weighted by molar-refractivity contribution is 0.492. The molecule has 0 amide bonds. The predicted octanol–water partition coefficient (Wildman–Crippen LogP) is 4.44. The van der Waals surface area contributed by atoms with Gasteiger partial charge < -0.3 is 14.0 Å². The maximum atomic E-state index is 13.6. The molecule has 2 aromatic heterocycles. The summed E-state index contributed by atoms with van der Waals surface area (Å²) in [5.41, 5.74) is 1.58. The molecule has 19 heavy (non-hydrogen) atoms. The van der Waals surface area contributed by atoms with Crippen LogP contribution < -0.4 is 0 Å². The molecule has 0 spiro atoms. The van der Waals surface area contributed by atoms with E-state index in [1.54, 1.807) is 12.3 Å². The Labute approximate surface area is 122 Å². The Balaban J connectivity index is 2.00. The minimum absolute atomic E-state index is 0.298. The number of halogens is 2. The third-order valence-electron chi connectivity index (χ3n) is 2.98. The van der Waals surface area contributed by atoms with Crippen LogP contribution in [0.25, 0.3) is 11.0 Å². The fourth-order valence-corrected chi connectivity index (χ4v) is 2.69. The summed E-state index contributed by atoms with van der Waals surface area (Å²) < 4.78 is 21.8. The number of rotatable bonds is 3. The van der Waals surface area contributed by atoms with Crippen LogP contribution in [0.3, 0.4) is 0 Å². The highest BCUT2D eigenvalue weighted by molar-refractivity contribution is 9.10. The van der Waals surface area contributed by atoms with Gasteiger partial charge in [0.25, 0.3) is 0 Å². The smallest absolute Gasteiger partial charge is 0.178 e. The van der Waals surface area contributed by atoms with Gasteiger partial charge in [0.1, 0.15) is 11.6 Å². The molecule has 0 fully saturated rings. The molecule has 0 aliphatic carbocycles. The summed E-state index contributed by atoms with van der Waals surface area (Å²) in [7, 11) is 0. The van der Waals surface area contributed by atoms with Crippen LogP contribution in [0.5, 0.6) is 0 Å². The Morgan fingerprint density at radius 3 is 3.00 bits per heavy atom. The molecule has 0 aliphatic rings. The van der Waals surface area contributed by atoms with Gasteiger partial charge in [0.15, 0.2) is 4.77 Å². The average molecular weight is 341 g/mol. The van der Waals surface area contributed by atoms with E-state index in [1.807, 2.05) is 16.7 Å². The number of benzene rings is 1. The summed E-state index contributed by atoms with van der Waals surface area (Å²) >= 11 is 8.44. The molecule has 0 saturated heterocycles. The van der Waals surface area contributed by atoms with E-state index >= 15 is 0 Å². The number of nitrogens with zero attached hydrogens (tertiary/aromatic N) is 1. The van der Waals surface area contributed by atoms with Crippen molar-refractivity contribution in [2.24, 2.45) is 0 Å². The van der Waals surface area contributed by atoms with Crippen LogP contribution in [-0.4, -0.2) is 9.55 Å². The zero-order valence-corrected chi connectivity index (χ0v) is 12.2. The van der Waals surface area contributed by atoms with Crippen LogP contribution in [0.15, 0.2) is 39.4 Å². The van der Waals surface area contributed by atoms with Gasteiger partial charge in [-0.05, 0) is 46.3 Å². The van der Waals surface area contributed by atoms with Crippen molar-refractivity contribution in [1.29, 1.82) is 0 Å². The Bertz CT molecular complexity index is 776. The lowest BCUT2D eigenvalue weighted by Gasteiger charge is -2.03. The average Bonchev–Trinajstić information content (AvgIpc) is 2.96. The molecule has 0 unspecified atom stereocenters. The van der Waals surface area contributed by atoms with E-state index in [0.717, 1.165) is 16.8 Å². The van der Waals surface area contributed by atoms with Gasteiger partial charge in [-0.25, -0.2) is 4.39 Å². The fourth-order valence-electron chi connectivity index (χ4n) is 2.05. The number of fused-ring (bicyclic) bond motifs is 1. The van der Waals surface area contributed by atoms with Gasteiger partial charge in [-0.3, -0.25) is 0 Å². The molecule has 0 aliphatic heterocycles. The van der Waals surface area contributed by atoms with E-state index in [9.17, 15) is 4.39 Å². The normalized spacial score (nSPS) is 11.3. The Kier molecular flexibility index (Phi) is 3.28. The first-order valence-corrected chi connectivity index (χ1v) is 6.95. The lowest BCUT2D eigenvalue weighted by atomic mass is 10.3. The number of aryl methyl sites for hydroxylation is 2. The van der Waals surface area contributed by atoms with Crippen molar-refractivity contribution in [2.45, 2.75) is 13.0 Å². The molecule has 3 aromatic rings.